The molecule has 0 aliphatic heterocycles. The molecular formula is C32H32N2O. The minimum Gasteiger partial charge on any atom is -0.390 e. The van der Waals surface area contributed by atoms with E-state index in [1.807, 2.05) is 0 Å². The lowest BCUT2D eigenvalue weighted by molar-refractivity contribution is 0.149. The van der Waals surface area contributed by atoms with Crippen LogP contribution in [0.3, 0.4) is 0 Å². The fourth-order valence-corrected chi connectivity index (χ4v) is 5.81. The number of aromatic nitrogens is 1. The Bertz CT molecular complexity index is 1430. The molecule has 1 atom stereocenters. The summed E-state index contributed by atoms with van der Waals surface area (Å²) in [5.41, 5.74) is 5.96. The average Bonchev–Trinajstić information content (AvgIpc) is 3.55. The summed E-state index contributed by atoms with van der Waals surface area (Å²) in [5.74, 6) is 0. The van der Waals surface area contributed by atoms with Gasteiger partial charge >= 0.3 is 0 Å². The zero-order valence-electron chi connectivity index (χ0n) is 20.0. The molecule has 1 heterocycles. The van der Waals surface area contributed by atoms with Gasteiger partial charge in [-0.2, -0.15) is 0 Å². The van der Waals surface area contributed by atoms with E-state index in [0.717, 1.165) is 0 Å². The van der Waals surface area contributed by atoms with E-state index in [4.69, 9.17) is 0 Å². The highest BCUT2D eigenvalue weighted by Gasteiger charge is 2.23. The van der Waals surface area contributed by atoms with Crippen LogP contribution in [-0.2, 0) is 6.54 Å². The number of nitrogens with one attached hydrogen (secondary N) is 1. The van der Waals surface area contributed by atoms with Gasteiger partial charge in [-0.3, -0.25) is 0 Å². The molecule has 0 bridgehead atoms. The Morgan fingerprint density at radius 3 is 2.14 bits per heavy atom. The highest BCUT2D eigenvalue weighted by atomic mass is 16.3. The molecule has 0 radical (unpaired) electrons. The number of hydrogen-bond donors (Lipinski definition) is 2. The summed E-state index contributed by atoms with van der Waals surface area (Å²) < 4.78 is 2.37. The van der Waals surface area contributed by atoms with Crippen molar-refractivity contribution >= 4 is 21.7 Å². The summed E-state index contributed by atoms with van der Waals surface area (Å²) in [6, 6.07) is 34.9. The lowest BCUT2D eigenvalue weighted by atomic mass is 9.97. The van der Waals surface area contributed by atoms with Gasteiger partial charge in [0.2, 0.25) is 0 Å². The van der Waals surface area contributed by atoms with E-state index in [-0.39, 0.29) is 0 Å². The molecule has 5 aromatic rings. The standard InChI is InChI=1S/C32H32N2O/c35-27(21-33-26-16-8-9-17-26)22-34-31(25-14-5-2-6-15-25)30(24-12-3-1-4-13-24)29-20-19-23-11-7-10-18-28(23)32(29)34/h1-7,10-15,18-20,26-27,33,35H,8-9,16-17,21-22H2. The van der Waals surface area contributed by atoms with Crippen molar-refractivity contribution in [1.29, 1.82) is 0 Å². The molecule has 1 aliphatic rings. The van der Waals surface area contributed by atoms with Crippen molar-refractivity contribution in [2.24, 2.45) is 0 Å². The van der Waals surface area contributed by atoms with E-state index in [1.165, 1.54) is 69.7 Å². The summed E-state index contributed by atoms with van der Waals surface area (Å²) in [4.78, 5) is 0. The first kappa shape index (κ1) is 22.1. The first-order valence-corrected chi connectivity index (χ1v) is 12.9. The zero-order chi connectivity index (χ0) is 23.6. The van der Waals surface area contributed by atoms with Crippen molar-refractivity contribution in [1.82, 2.24) is 9.88 Å². The second-order valence-electron chi connectivity index (χ2n) is 9.79. The van der Waals surface area contributed by atoms with Crippen LogP contribution >= 0.6 is 0 Å². The fourth-order valence-electron chi connectivity index (χ4n) is 5.81. The summed E-state index contributed by atoms with van der Waals surface area (Å²) >= 11 is 0. The highest BCUT2D eigenvalue weighted by molar-refractivity contribution is 6.15. The van der Waals surface area contributed by atoms with Gasteiger partial charge in [-0.05, 0) is 29.4 Å². The number of nitrogens with zero attached hydrogens (tertiary/aromatic N) is 1. The molecule has 1 saturated carbocycles. The maximum Gasteiger partial charge on any atom is 0.0843 e. The molecule has 0 spiro atoms. The Hall–Kier alpha value is -3.40. The molecule has 3 heteroatoms. The second kappa shape index (κ2) is 9.69. The van der Waals surface area contributed by atoms with Crippen LogP contribution in [0.25, 0.3) is 44.1 Å². The van der Waals surface area contributed by atoms with Gasteiger partial charge in [-0.15, -0.1) is 0 Å². The minimum atomic E-state index is -0.476. The van der Waals surface area contributed by atoms with Gasteiger partial charge in [0.05, 0.1) is 23.9 Å². The molecule has 35 heavy (non-hydrogen) atoms. The SMILES string of the molecule is OC(CNC1CCCC1)Cn1c(-c2ccccc2)c(-c2ccccc2)c2ccc3ccccc3c21. The Kier molecular flexibility index (Phi) is 6.12. The van der Waals surface area contributed by atoms with Crippen molar-refractivity contribution < 1.29 is 5.11 Å². The molecule has 3 nitrogen and oxygen atoms in total. The van der Waals surface area contributed by atoms with E-state index < -0.39 is 6.10 Å². The summed E-state index contributed by atoms with van der Waals surface area (Å²) in [6.07, 6.45) is 4.55. The molecule has 1 aromatic heterocycles. The largest absolute Gasteiger partial charge is 0.390 e. The highest BCUT2D eigenvalue weighted by Crippen LogP contribution is 2.43. The third-order valence-electron chi connectivity index (χ3n) is 7.45. The van der Waals surface area contributed by atoms with Crippen LogP contribution in [0.2, 0.25) is 0 Å². The lowest BCUT2D eigenvalue weighted by Crippen LogP contribution is -2.36. The van der Waals surface area contributed by atoms with E-state index in [2.05, 4.69) is 107 Å². The van der Waals surface area contributed by atoms with Gasteiger partial charge in [-0.1, -0.05) is 110 Å². The van der Waals surface area contributed by atoms with Crippen LogP contribution in [0.4, 0.5) is 0 Å². The number of hydrogen-bond acceptors (Lipinski definition) is 2. The molecule has 0 amide bonds. The van der Waals surface area contributed by atoms with Crippen LogP contribution in [0.15, 0.2) is 97.1 Å². The van der Waals surface area contributed by atoms with Crippen LogP contribution < -0.4 is 5.32 Å². The van der Waals surface area contributed by atoms with Crippen LogP contribution in [0.5, 0.6) is 0 Å². The Morgan fingerprint density at radius 1 is 0.743 bits per heavy atom. The van der Waals surface area contributed by atoms with Gasteiger partial charge in [0.25, 0.3) is 0 Å². The van der Waals surface area contributed by atoms with Crippen molar-refractivity contribution in [3.8, 4) is 22.4 Å². The summed E-state index contributed by atoms with van der Waals surface area (Å²) in [5, 5.41) is 18.6. The van der Waals surface area contributed by atoms with Gasteiger partial charge in [0.1, 0.15) is 0 Å². The van der Waals surface area contributed by atoms with E-state index in [0.29, 0.717) is 19.1 Å². The Balaban J connectivity index is 1.56. The van der Waals surface area contributed by atoms with Crippen LogP contribution in [-0.4, -0.2) is 28.4 Å². The predicted molar refractivity (Wildman–Crippen MR) is 147 cm³/mol. The number of aliphatic hydroxyl groups excluding tert-OH is 1. The molecular weight excluding hydrogens is 428 g/mol. The zero-order valence-corrected chi connectivity index (χ0v) is 20.0. The monoisotopic (exact) mass is 460 g/mol. The molecule has 1 aliphatic carbocycles. The van der Waals surface area contributed by atoms with Crippen molar-refractivity contribution in [2.75, 3.05) is 6.54 Å². The third kappa shape index (κ3) is 4.27. The van der Waals surface area contributed by atoms with E-state index in [1.54, 1.807) is 0 Å². The number of rotatable bonds is 7. The van der Waals surface area contributed by atoms with Gasteiger partial charge in [-0.25, -0.2) is 0 Å². The van der Waals surface area contributed by atoms with E-state index in [9.17, 15) is 5.11 Å². The Labute approximate surface area is 207 Å². The summed E-state index contributed by atoms with van der Waals surface area (Å²) in [7, 11) is 0. The molecule has 0 saturated heterocycles. The molecule has 2 N–H and O–H groups in total. The minimum absolute atomic E-state index is 0.476. The second-order valence-corrected chi connectivity index (χ2v) is 9.79. The quantitative estimate of drug-likeness (QED) is 0.274. The van der Waals surface area contributed by atoms with Gasteiger partial charge in [0.15, 0.2) is 0 Å². The van der Waals surface area contributed by atoms with Gasteiger partial charge in [0, 0.05) is 28.9 Å². The topological polar surface area (TPSA) is 37.2 Å². The van der Waals surface area contributed by atoms with Crippen LogP contribution in [0.1, 0.15) is 25.7 Å². The molecule has 4 aromatic carbocycles. The van der Waals surface area contributed by atoms with Crippen molar-refractivity contribution in [3.63, 3.8) is 0 Å². The van der Waals surface area contributed by atoms with Crippen molar-refractivity contribution in [3.05, 3.63) is 97.1 Å². The third-order valence-corrected chi connectivity index (χ3v) is 7.45. The average molecular weight is 461 g/mol. The molecule has 6 rings (SSSR count). The number of aliphatic hydroxyl groups is 1. The lowest BCUT2D eigenvalue weighted by Gasteiger charge is -2.20. The maximum absolute atomic E-state index is 11.3. The number of benzene rings is 4. The van der Waals surface area contributed by atoms with Gasteiger partial charge < -0.3 is 15.0 Å². The number of fused-ring (bicyclic) bond motifs is 3. The van der Waals surface area contributed by atoms with Crippen LogP contribution in [0, 0.1) is 0 Å². The van der Waals surface area contributed by atoms with E-state index >= 15 is 0 Å². The van der Waals surface area contributed by atoms with Crippen molar-refractivity contribution in [2.45, 2.75) is 44.4 Å². The molecule has 1 fully saturated rings. The molecule has 176 valence electrons. The Morgan fingerprint density at radius 2 is 1.40 bits per heavy atom. The smallest absolute Gasteiger partial charge is 0.0843 e. The first-order valence-electron chi connectivity index (χ1n) is 12.9. The maximum atomic E-state index is 11.3. The summed E-state index contributed by atoms with van der Waals surface area (Å²) in [6.45, 7) is 1.16. The molecule has 1 unspecified atom stereocenters. The first-order chi connectivity index (χ1) is 17.3. The normalized spacial score (nSPS) is 15.2. The predicted octanol–water partition coefficient (Wildman–Crippen LogP) is 7.02. The fraction of sp³-hybridized carbons (Fsp3) is 0.250.